The van der Waals surface area contributed by atoms with Crippen molar-refractivity contribution in [2.24, 2.45) is 0 Å². The summed E-state index contributed by atoms with van der Waals surface area (Å²) in [5.41, 5.74) is 2.23. The van der Waals surface area contributed by atoms with Gasteiger partial charge < -0.3 is 15.4 Å². The normalized spacial score (nSPS) is 10.3. The molecule has 2 N–H and O–H groups in total. The summed E-state index contributed by atoms with van der Waals surface area (Å²) < 4.78 is 5.36. The number of ether oxygens (including phenoxy) is 1. The first-order chi connectivity index (χ1) is 14.6. The van der Waals surface area contributed by atoms with Gasteiger partial charge in [0.25, 0.3) is 5.91 Å². The Morgan fingerprint density at radius 1 is 1.03 bits per heavy atom. The van der Waals surface area contributed by atoms with E-state index in [0.717, 1.165) is 16.3 Å². The third kappa shape index (κ3) is 6.63. The van der Waals surface area contributed by atoms with Crippen molar-refractivity contribution in [3.05, 3.63) is 84.1 Å². The molecule has 154 valence electrons. The van der Waals surface area contributed by atoms with Gasteiger partial charge in [-0.15, -0.1) is 11.8 Å². The third-order valence-corrected chi connectivity index (χ3v) is 5.09. The zero-order valence-corrected chi connectivity index (χ0v) is 17.4. The molecule has 0 spiro atoms. The molecule has 0 aliphatic heterocycles. The van der Waals surface area contributed by atoms with Crippen LogP contribution in [0.1, 0.15) is 22.8 Å². The zero-order valence-electron chi connectivity index (χ0n) is 16.6. The predicted octanol–water partition coefficient (Wildman–Crippen LogP) is 4.14. The van der Waals surface area contributed by atoms with Crippen molar-refractivity contribution in [3.63, 3.8) is 0 Å². The number of amides is 2. The van der Waals surface area contributed by atoms with Gasteiger partial charge in [0, 0.05) is 23.2 Å². The van der Waals surface area contributed by atoms with Crippen molar-refractivity contribution in [2.45, 2.75) is 17.7 Å². The SMILES string of the molecule is CCOc1ccc(C(=O)NCC(=O)Nc2cccc(CSc3ccccn3)c2)cc1. The van der Waals surface area contributed by atoms with E-state index < -0.39 is 0 Å². The molecule has 0 aliphatic carbocycles. The van der Waals surface area contributed by atoms with E-state index in [0.29, 0.717) is 23.6 Å². The van der Waals surface area contributed by atoms with Crippen molar-refractivity contribution < 1.29 is 14.3 Å². The first kappa shape index (κ1) is 21.4. The molecule has 1 heterocycles. The van der Waals surface area contributed by atoms with E-state index in [2.05, 4.69) is 15.6 Å². The molecule has 6 nitrogen and oxygen atoms in total. The Kier molecular flexibility index (Phi) is 7.86. The average Bonchev–Trinajstić information content (AvgIpc) is 2.78. The summed E-state index contributed by atoms with van der Waals surface area (Å²) in [4.78, 5) is 28.7. The number of aromatic nitrogens is 1. The first-order valence-corrected chi connectivity index (χ1v) is 10.6. The molecule has 0 radical (unpaired) electrons. The molecular weight excluding hydrogens is 398 g/mol. The number of carbonyl (C=O) groups is 2. The van der Waals surface area contributed by atoms with E-state index in [9.17, 15) is 9.59 Å². The van der Waals surface area contributed by atoms with Crippen LogP contribution in [0.2, 0.25) is 0 Å². The van der Waals surface area contributed by atoms with E-state index in [1.54, 1.807) is 42.2 Å². The fraction of sp³-hybridized carbons (Fsp3) is 0.174. The van der Waals surface area contributed by atoms with Gasteiger partial charge >= 0.3 is 0 Å². The highest BCUT2D eigenvalue weighted by Crippen LogP contribution is 2.22. The van der Waals surface area contributed by atoms with Gasteiger partial charge in [0.15, 0.2) is 0 Å². The summed E-state index contributed by atoms with van der Waals surface area (Å²) in [7, 11) is 0. The highest BCUT2D eigenvalue weighted by Gasteiger charge is 2.09. The lowest BCUT2D eigenvalue weighted by molar-refractivity contribution is -0.115. The third-order valence-electron chi connectivity index (χ3n) is 4.07. The van der Waals surface area contributed by atoms with Crippen molar-refractivity contribution >= 4 is 29.3 Å². The van der Waals surface area contributed by atoms with Crippen LogP contribution in [0.3, 0.4) is 0 Å². The van der Waals surface area contributed by atoms with Gasteiger partial charge in [-0.2, -0.15) is 0 Å². The van der Waals surface area contributed by atoms with Gasteiger partial charge in [-0.05, 0) is 61.0 Å². The minimum Gasteiger partial charge on any atom is -0.494 e. The van der Waals surface area contributed by atoms with Crippen molar-refractivity contribution in [3.8, 4) is 5.75 Å². The molecule has 0 fully saturated rings. The molecule has 3 rings (SSSR count). The van der Waals surface area contributed by atoms with Gasteiger partial charge in [-0.3, -0.25) is 9.59 Å². The Morgan fingerprint density at radius 3 is 2.60 bits per heavy atom. The molecule has 7 heteroatoms. The number of carbonyl (C=O) groups excluding carboxylic acids is 2. The van der Waals surface area contributed by atoms with Crippen LogP contribution in [0.25, 0.3) is 0 Å². The zero-order chi connectivity index (χ0) is 21.2. The molecule has 0 unspecified atom stereocenters. The van der Waals surface area contributed by atoms with Crippen LogP contribution in [-0.4, -0.2) is 29.9 Å². The second kappa shape index (κ2) is 11.0. The fourth-order valence-electron chi connectivity index (χ4n) is 2.67. The summed E-state index contributed by atoms with van der Waals surface area (Å²) in [6.07, 6.45) is 1.76. The summed E-state index contributed by atoms with van der Waals surface area (Å²) >= 11 is 1.63. The number of rotatable bonds is 9. The Hall–Kier alpha value is -3.32. The van der Waals surface area contributed by atoms with Crippen LogP contribution in [0.5, 0.6) is 5.75 Å². The number of anilines is 1. The van der Waals surface area contributed by atoms with E-state index >= 15 is 0 Å². The molecule has 2 aromatic carbocycles. The van der Waals surface area contributed by atoms with Gasteiger partial charge in [0.05, 0.1) is 18.2 Å². The standard InChI is InChI=1S/C23H23N3O3S/c1-2-29-20-11-9-18(10-12-20)23(28)25-15-21(27)26-19-7-5-6-17(14-19)16-30-22-8-3-4-13-24-22/h3-14H,2,15-16H2,1H3,(H,25,28)(H,26,27). The highest BCUT2D eigenvalue weighted by molar-refractivity contribution is 7.98. The fourth-order valence-corrected chi connectivity index (χ4v) is 3.47. The molecule has 30 heavy (non-hydrogen) atoms. The summed E-state index contributed by atoms with van der Waals surface area (Å²) in [5, 5.41) is 6.39. The van der Waals surface area contributed by atoms with Gasteiger partial charge in [0.1, 0.15) is 5.75 Å². The molecule has 1 aromatic heterocycles. The van der Waals surface area contributed by atoms with E-state index in [1.807, 2.05) is 49.4 Å². The number of nitrogens with one attached hydrogen (secondary N) is 2. The number of benzene rings is 2. The largest absolute Gasteiger partial charge is 0.494 e. The number of nitrogens with zero attached hydrogens (tertiary/aromatic N) is 1. The molecule has 0 bridgehead atoms. The monoisotopic (exact) mass is 421 g/mol. The number of pyridine rings is 1. The van der Waals surface area contributed by atoms with Crippen LogP contribution in [0.4, 0.5) is 5.69 Å². The van der Waals surface area contributed by atoms with Gasteiger partial charge in [-0.1, -0.05) is 18.2 Å². The highest BCUT2D eigenvalue weighted by atomic mass is 32.2. The maximum atomic E-state index is 12.2. The van der Waals surface area contributed by atoms with E-state index in [1.165, 1.54) is 0 Å². The van der Waals surface area contributed by atoms with Crippen molar-refractivity contribution in [2.75, 3.05) is 18.5 Å². The quantitative estimate of drug-likeness (QED) is 0.508. The lowest BCUT2D eigenvalue weighted by atomic mass is 10.2. The molecule has 0 saturated heterocycles. The van der Waals surface area contributed by atoms with E-state index in [4.69, 9.17) is 4.74 Å². The first-order valence-electron chi connectivity index (χ1n) is 9.57. The summed E-state index contributed by atoms with van der Waals surface area (Å²) in [6.45, 7) is 2.35. The number of hydrogen-bond acceptors (Lipinski definition) is 5. The van der Waals surface area contributed by atoms with E-state index in [-0.39, 0.29) is 18.4 Å². The Bertz CT molecular complexity index is 978. The predicted molar refractivity (Wildman–Crippen MR) is 119 cm³/mol. The van der Waals surface area contributed by atoms with Crippen LogP contribution < -0.4 is 15.4 Å². The van der Waals surface area contributed by atoms with Gasteiger partial charge in [0.2, 0.25) is 5.91 Å². The number of thioether (sulfide) groups is 1. The molecule has 0 aliphatic rings. The maximum Gasteiger partial charge on any atom is 0.251 e. The Balaban J connectivity index is 1.47. The number of hydrogen-bond donors (Lipinski definition) is 2. The van der Waals surface area contributed by atoms with Crippen LogP contribution in [0, 0.1) is 0 Å². The van der Waals surface area contributed by atoms with Crippen molar-refractivity contribution in [1.82, 2.24) is 10.3 Å². The Morgan fingerprint density at radius 2 is 1.87 bits per heavy atom. The molecular formula is C23H23N3O3S. The second-order valence-corrected chi connectivity index (χ2v) is 7.34. The Labute approximate surface area is 180 Å². The minimum absolute atomic E-state index is 0.112. The van der Waals surface area contributed by atoms with Crippen LogP contribution in [-0.2, 0) is 10.5 Å². The topological polar surface area (TPSA) is 80.3 Å². The average molecular weight is 422 g/mol. The van der Waals surface area contributed by atoms with Crippen LogP contribution >= 0.6 is 11.8 Å². The molecule has 0 saturated carbocycles. The smallest absolute Gasteiger partial charge is 0.251 e. The second-order valence-electron chi connectivity index (χ2n) is 6.35. The molecule has 3 aromatic rings. The molecule has 2 amide bonds. The lowest BCUT2D eigenvalue weighted by Gasteiger charge is -2.09. The minimum atomic E-state index is -0.311. The van der Waals surface area contributed by atoms with Gasteiger partial charge in [-0.25, -0.2) is 4.98 Å². The maximum absolute atomic E-state index is 12.2. The van der Waals surface area contributed by atoms with Crippen molar-refractivity contribution in [1.29, 1.82) is 0 Å². The lowest BCUT2D eigenvalue weighted by Crippen LogP contribution is -2.32. The molecule has 0 atom stereocenters. The van der Waals surface area contributed by atoms with Crippen LogP contribution in [0.15, 0.2) is 78.0 Å². The summed E-state index contributed by atoms with van der Waals surface area (Å²) in [5.74, 6) is 0.847. The summed E-state index contributed by atoms with van der Waals surface area (Å²) in [6, 6.07) is 20.2.